The predicted molar refractivity (Wildman–Crippen MR) is 113 cm³/mol. The van der Waals surface area contributed by atoms with Crippen LogP contribution >= 0.6 is 0 Å². The third kappa shape index (κ3) is 4.38. The van der Waals surface area contributed by atoms with Crippen LogP contribution in [0.3, 0.4) is 0 Å². The molecule has 3 rings (SSSR count). The number of hydrogen-bond donors (Lipinski definition) is 2. The van der Waals surface area contributed by atoms with Gasteiger partial charge in [0.05, 0.1) is 7.11 Å². The summed E-state index contributed by atoms with van der Waals surface area (Å²) in [6, 6.07) is 17.0. The number of nitrogens with one attached hydrogen (secondary N) is 1. The third-order valence-corrected chi connectivity index (χ3v) is 4.43. The van der Waals surface area contributed by atoms with Crippen LogP contribution in [-0.4, -0.2) is 18.0 Å². The Bertz CT molecular complexity index is 1030. The SMILES string of the molecule is C=C(C)c1cc(-c2ccnc(C(=O)NCc3cccc(OC)c3)c2)ccc1N. The standard InChI is InChI=1S/C23H23N3O2/c1-15(2)20-12-17(7-8-21(20)24)18-9-10-25-22(13-18)23(27)26-14-16-5-4-6-19(11-16)28-3/h4-13H,1,14,24H2,2-3H3,(H,26,27). The summed E-state index contributed by atoms with van der Waals surface area (Å²) in [5, 5.41) is 2.89. The number of hydrogen-bond acceptors (Lipinski definition) is 4. The molecule has 142 valence electrons. The Labute approximate surface area is 164 Å². The van der Waals surface area contributed by atoms with Crippen molar-refractivity contribution < 1.29 is 9.53 Å². The van der Waals surface area contributed by atoms with E-state index in [-0.39, 0.29) is 5.91 Å². The summed E-state index contributed by atoms with van der Waals surface area (Å²) in [6.45, 7) is 6.28. The Morgan fingerprint density at radius 2 is 1.93 bits per heavy atom. The number of carbonyl (C=O) groups excluding carboxylic acids is 1. The van der Waals surface area contributed by atoms with Gasteiger partial charge in [0, 0.05) is 24.0 Å². The number of benzene rings is 2. The van der Waals surface area contributed by atoms with Gasteiger partial charge >= 0.3 is 0 Å². The summed E-state index contributed by atoms with van der Waals surface area (Å²) < 4.78 is 5.21. The highest BCUT2D eigenvalue weighted by molar-refractivity contribution is 5.93. The molecule has 5 heteroatoms. The Kier molecular flexibility index (Phi) is 5.75. The molecule has 0 aliphatic carbocycles. The molecule has 0 spiro atoms. The lowest BCUT2D eigenvalue weighted by Crippen LogP contribution is -2.23. The molecule has 0 fully saturated rings. The van der Waals surface area contributed by atoms with Crippen molar-refractivity contribution in [3.05, 3.63) is 84.2 Å². The van der Waals surface area contributed by atoms with E-state index < -0.39 is 0 Å². The maximum absolute atomic E-state index is 12.5. The van der Waals surface area contributed by atoms with Crippen molar-refractivity contribution in [1.82, 2.24) is 10.3 Å². The summed E-state index contributed by atoms with van der Waals surface area (Å²) in [7, 11) is 1.61. The van der Waals surface area contributed by atoms with E-state index in [1.165, 1.54) is 0 Å². The van der Waals surface area contributed by atoms with Crippen LogP contribution in [0.25, 0.3) is 16.7 Å². The topological polar surface area (TPSA) is 77.2 Å². The van der Waals surface area contributed by atoms with Crippen molar-refractivity contribution in [2.24, 2.45) is 0 Å². The van der Waals surface area contributed by atoms with Crippen LogP contribution in [0.5, 0.6) is 5.75 Å². The van der Waals surface area contributed by atoms with Crippen LogP contribution in [0.1, 0.15) is 28.5 Å². The quantitative estimate of drug-likeness (QED) is 0.632. The van der Waals surface area contributed by atoms with Crippen LogP contribution in [-0.2, 0) is 6.54 Å². The number of aromatic nitrogens is 1. The summed E-state index contributed by atoms with van der Waals surface area (Å²) in [6.07, 6.45) is 1.63. The first-order chi connectivity index (χ1) is 13.5. The molecular formula is C23H23N3O2. The van der Waals surface area contributed by atoms with Crippen molar-refractivity contribution in [2.45, 2.75) is 13.5 Å². The highest BCUT2D eigenvalue weighted by atomic mass is 16.5. The molecule has 0 radical (unpaired) electrons. The minimum absolute atomic E-state index is 0.236. The second kappa shape index (κ2) is 8.39. The zero-order valence-corrected chi connectivity index (χ0v) is 16.0. The van der Waals surface area contributed by atoms with Crippen molar-refractivity contribution in [1.29, 1.82) is 0 Å². The number of nitrogens with two attached hydrogens (primary N) is 1. The number of nitrogen functional groups attached to an aromatic ring is 1. The van der Waals surface area contributed by atoms with Gasteiger partial charge in [-0.1, -0.05) is 24.8 Å². The Morgan fingerprint density at radius 1 is 1.14 bits per heavy atom. The van der Waals surface area contributed by atoms with Crippen LogP contribution in [0.2, 0.25) is 0 Å². The lowest BCUT2D eigenvalue weighted by atomic mass is 9.99. The molecule has 0 unspecified atom stereocenters. The van der Waals surface area contributed by atoms with E-state index in [1.54, 1.807) is 19.4 Å². The van der Waals surface area contributed by atoms with Gasteiger partial charge in [-0.2, -0.15) is 0 Å². The van der Waals surface area contributed by atoms with Crippen LogP contribution in [0.4, 0.5) is 5.69 Å². The lowest BCUT2D eigenvalue weighted by Gasteiger charge is -2.10. The number of amides is 1. The molecule has 1 aromatic heterocycles. The Balaban J connectivity index is 1.78. The number of ether oxygens (including phenoxy) is 1. The molecule has 0 aliphatic rings. The Hall–Kier alpha value is -3.60. The summed E-state index contributed by atoms with van der Waals surface area (Å²) in [4.78, 5) is 16.8. The van der Waals surface area contributed by atoms with E-state index in [4.69, 9.17) is 10.5 Å². The molecule has 5 nitrogen and oxygen atoms in total. The van der Waals surface area contributed by atoms with E-state index >= 15 is 0 Å². The van der Waals surface area contributed by atoms with Crippen molar-refractivity contribution in [2.75, 3.05) is 12.8 Å². The summed E-state index contributed by atoms with van der Waals surface area (Å²) in [5.41, 5.74) is 11.6. The van der Waals surface area contributed by atoms with Gasteiger partial charge in [0.2, 0.25) is 0 Å². The van der Waals surface area contributed by atoms with E-state index in [0.717, 1.165) is 33.6 Å². The first-order valence-electron chi connectivity index (χ1n) is 8.91. The molecule has 3 aromatic rings. The largest absolute Gasteiger partial charge is 0.497 e. The zero-order valence-electron chi connectivity index (χ0n) is 16.0. The van der Waals surface area contributed by atoms with Gasteiger partial charge in [0.25, 0.3) is 5.91 Å². The maximum atomic E-state index is 12.5. The number of allylic oxidation sites excluding steroid dienone is 1. The van der Waals surface area contributed by atoms with E-state index in [0.29, 0.717) is 17.9 Å². The van der Waals surface area contributed by atoms with Crippen molar-refractivity contribution in [3.63, 3.8) is 0 Å². The molecule has 0 aliphatic heterocycles. The molecular weight excluding hydrogens is 350 g/mol. The first-order valence-corrected chi connectivity index (χ1v) is 8.91. The second-order valence-corrected chi connectivity index (χ2v) is 6.55. The number of anilines is 1. The van der Waals surface area contributed by atoms with E-state index in [1.807, 2.05) is 55.5 Å². The van der Waals surface area contributed by atoms with Gasteiger partial charge in [0.15, 0.2) is 0 Å². The minimum atomic E-state index is -0.236. The molecule has 1 amide bonds. The summed E-state index contributed by atoms with van der Waals surface area (Å²) >= 11 is 0. The molecule has 28 heavy (non-hydrogen) atoms. The van der Waals surface area contributed by atoms with Crippen LogP contribution in [0.15, 0.2) is 67.4 Å². The fourth-order valence-electron chi connectivity index (χ4n) is 2.90. The fourth-order valence-corrected chi connectivity index (χ4v) is 2.90. The zero-order chi connectivity index (χ0) is 20.1. The number of methoxy groups -OCH3 is 1. The highest BCUT2D eigenvalue weighted by Gasteiger charge is 2.10. The number of carbonyl (C=O) groups is 1. The number of rotatable bonds is 6. The molecule has 1 heterocycles. The smallest absolute Gasteiger partial charge is 0.270 e. The fraction of sp³-hybridized carbons (Fsp3) is 0.130. The van der Waals surface area contributed by atoms with E-state index in [9.17, 15) is 4.79 Å². The summed E-state index contributed by atoms with van der Waals surface area (Å²) in [5.74, 6) is 0.517. The Morgan fingerprint density at radius 3 is 2.68 bits per heavy atom. The molecule has 0 saturated heterocycles. The normalized spacial score (nSPS) is 10.4. The third-order valence-electron chi connectivity index (χ3n) is 4.43. The second-order valence-electron chi connectivity index (χ2n) is 6.55. The van der Waals surface area contributed by atoms with Crippen LogP contribution in [0, 0.1) is 0 Å². The molecule has 0 bridgehead atoms. The van der Waals surface area contributed by atoms with Crippen molar-refractivity contribution >= 4 is 17.2 Å². The average Bonchev–Trinajstić information content (AvgIpc) is 2.72. The molecule has 0 atom stereocenters. The molecule has 3 N–H and O–H groups in total. The van der Waals surface area contributed by atoms with Gasteiger partial charge in [-0.25, -0.2) is 0 Å². The molecule has 2 aromatic carbocycles. The van der Waals surface area contributed by atoms with Gasteiger partial charge in [0.1, 0.15) is 11.4 Å². The highest BCUT2D eigenvalue weighted by Crippen LogP contribution is 2.27. The van der Waals surface area contributed by atoms with Gasteiger partial charge < -0.3 is 15.8 Å². The first kappa shape index (κ1) is 19.2. The van der Waals surface area contributed by atoms with Crippen molar-refractivity contribution in [3.8, 4) is 16.9 Å². The van der Waals surface area contributed by atoms with Gasteiger partial charge in [-0.05, 0) is 65.6 Å². The predicted octanol–water partition coefficient (Wildman–Crippen LogP) is 4.30. The minimum Gasteiger partial charge on any atom is -0.497 e. The van der Waals surface area contributed by atoms with Gasteiger partial charge in [-0.3, -0.25) is 9.78 Å². The van der Waals surface area contributed by atoms with Gasteiger partial charge in [-0.15, -0.1) is 0 Å². The lowest BCUT2D eigenvalue weighted by molar-refractivity contribution is 0.0946. The van der Waals surface area contributed by atoms with E-state index in [2.05, 4.69) is 16.9 Å². The molecule has 0 saturated carbocycles. The number of nitrogens with zero attached hydrogens (tertiary/aromatic N) is 1. The van der Waals surface area contributed by atoms with Crippen LogP contribution < -0.4 is 15.8 Å². The average molecular weight is 373 g/mol. The number of pyridine rings is 1. The maximum Gasteiger partial charge on any atom is 0.270 e. The monoisotopic (exact) mass is 373 g/mol.